The van der Waals surface area contributed by atoms with E-state index in [0.717, 1.165) is 0 Å². The molecule has 0 aromatic carbocycles. The van der Waals surface area contributed by atoms with Crippen molar-refractivity contribution in [3.05, 3.63) is 16.7 Å². The molecule has 0 unspecified atom stereocenters. The SMILES string of the molecule is Nc1nc2ncn(CO[C@H](CO)CCP(=O)(O)O)c2c(=O)[nH]1. The minimum Gasteiger partial charge on any atom is -0.394 e. The Morgan fingerprint density at radius 1 is 1.50 bits per heavy atom. The van der Waals surface area contributed by atoms with Gasteiger partial charge in [-0.2, -0.15) is 4.98 Å². The van der Waals surface area contributed by atoms with Crippen LogP contribution in [0.4, 0.5) is 5.95 Å². The van der Waals surface area contributed by atoms with Crippen LogP contribution in [0.5, 0.6) is 0 Å². The molecule has 2 rings (SSSR count). The van der Waals surface area contributed by atoms with E-state index in [2.05, 4.69) is 15.0 Å². The fraction of sp³-hybridized carbons (Fsp3) is 0.500. The number of nitrogen functional groups attached to an aromatic ring is 1. The maximum atomic E-state index is 11.8. The minimum absolute atomic E-state index is 0.0189. The number of ether oxygens (including phenoxy) is 1. The fourth-order valence-corrected chi connectivity index (χ4v) is 2.45. The maximum absolute atomic E-state index is 11.8. The summed E-state index contributed by atoms with van der Waals surface area (Å²) >= 11 is 0. The van der Waals surface area contributed by atoms with Crippen LogP contribution in [-0.4, -0.2) is 53.3 Å². The highest BCUT2D eigenvalue weighted by Gasteiger charge is 2.18. The van der Waals surface area contributed by atoms with Gasteiger partial charge in [0.1, 0.15) is 6.73 Å². The van der Waals surface area contributed by atoms with Crippen molar-refractivity contribution < 1.29 is 24.2 Å². The van der Waals surface area contributed by atoms with Gasteiger partial charge in [0.25, 0.3) is 5.56 Å². The van der Waals surface area contributed by atoms with Crippen LogP contribution in [0.15, 0.2) is 11.1 Å². The third-order valence-electron chi connectivity index (χ3n) is 2.90. The number of H-pyrrole nitrogens is 1. The molecule has 11 nitrogen and oxygen atoms in total. The zero-order valence-corrected chi connectivity index (χ0v) is 12.3. The molecule has 0 aliphatic rings. The highest BCUT2D eigenvalue weighted by atomic mass is 31.2. The number of imidazole rings is 1. The molecular weight excluding hydrogens is 317 g/mol. The van der Waals surface area contributed by atoms with Crippen molar-refractivity contribution in [1.29, 1.82) is 0 Å². The smallest absolute Gasteiger partial charge is 0.325 e. The molecule has 12 heteroatoms. The molecule has 2 heterocycles. The Labute approximate surface area is 123 Å². The van der Waals surface area contributed by atoms with E-state index in [9.17, 15) is 9.36 Å². The average Bonchev–Trinajstić information content (AvgIpc) is 2.81. The summed E-state index contributed by atoms with van der Waals surface area (Å²) in [5.41, 5.74) is 5.22. The van der Waals surface area contributed by atoms with Crippen molar-refractivity contribution in [3.63, 3.8) is 0 Å². The van der Waals surface area contributed by atoms with Crippen LogP contribution >= 0.6 is 7.60 Å². The molecule has 122 valence electrons. The molecule has 0 amide bonds. The van der Waals surface area contributed by atoms with Gasteiger partial charge in [-0.25, -0.2) is 4.98 Å². The molecule has 0 radical (unpaired) electrons. The number of aliphatic hydroxyl groups is 1. The molecule has 22 heavy (non-hydrogen) atoms. The van der Waals surface area contributed by atoms with E-state index in [1.54, 1.807) is 0 Å². The van der Waals surface area contributed by atoms with Gasteiger partial charge in [-0.05, 0) is 6.42 Å². The van der Waals surface area contributed by atoms with Gasteiger partial charge in [-0.1, -0.05) is 0 Å². The van der Waals surface area contributed by atoms with Crippen LogP contribution in [0.3, 0.4) is 0 Å². The predicted octanol–water partition coefficient (Wildman–Crippen LogP) is -1.40. The Morgan fingerprint density at radius 2 is 2.23 bits per heavy atom. The Hall–Kier alpha value is -1.78. The Morgan fingerprint density at radius 3 is 2.86 bits per heavy atom. The number of nitrogens with two attached hydrogens (primary N) is 1. The summed E-state index contributed by atoms with van der Waals surface area (Å²) in [5, 5.41) is 9.16. The van der Waals surface area contributed by atoms with Gasteiger partial charge in [-0.3, -0.25) is 14.3 Å². The third kappa shape index (κ3) is 4.12. The van der Waals surface area contributed by atoms with Gasteiger partial charge in [0.15, 0.2) is 11.2 Å². The lowest BCUT2D eigenvalue weighted by Crippen LogP contribution is -2.22. The van der Waals surface area contributed by atoms with Crippen molar-refractivity contribution in [2.75, 3.05) is 18.5 Å². The first kappa shape index (κ1) is 16.6. The molecule has 0 aliphatic heterocycles. The summed E-state index contributed by atoms with van der Waals surface area (Å²) in [6, 6.07) is 0. The monoisotopic (exact) mass is 333 g/mol. The fourth-order valence-electron chi connectivity index (χ4n) is 1.83. The summed E-state index contributed by atoms with van der Waals surface area (Å²) in [6.07, 6.45) is 0.131. The lowest BCUT2D eigenvalue weighted by Gasteiger charge is -2.16. The largest absolute Gasteiger partial charge is 0.394 e. The zero-order chi connectivity index (χ0) is 16.3. The van der Waals surface area contributed by atoms with Gasteiger partial charge in [0.2, 0.25) is 5.95 Å². The number of nitrogens with zero attached hydrogens (tertiary/aromatic N) is 3. The summed E-state index contributed by atoms with van der Waals surface area (Å²) in [5.74, 6) is -0.0569. The van der Waals surface area contributed by atoms with Crippen molar-refractivity contribution in [2.24, 2.45) is 0 Å². The number of nitrogens with one attached hydrogen (secondary N) is 1. The number of aliphatic hydroxyl groups excluding tert-OH is 1. The first-order chi connectivity index (χ1) is 10.3. The van der Waals surface area contributed by atoms with Crippen LogP contribution in [0.2, 0.25) is 0 Å². The maximum Gasteiger partial charge on any atom is 0.325 e. The molecule has 0 aliphatic carbocycles. The molecular formula is C10H16N5O6P. The van der Waals surface area contributed by atoms with E-state index in [1.165, 1.54) is 10.9 Å². The lowest BCUT2D eigenvalue weighted by molar-refractivity contribution is -0.0238. The number of hydrogen-bond donors (Lipinski definition) is 5. The molecule has 6 N–H and O–H groups in total. The second-order valence-corrected chi connectivity index (χ2v) is 6.39. The van der Waals surface area contributed by atoms with E-state index in [0.29, 0.717) is 0 Å². The zero-order valence-electron chi connectivity index (χ0n) is 11.4. The van der Waals surface area contributed by atoms with Crippen LogP contribution in [0, 0.1) is 0 Å². The number of hydrogen-bond acceptors (Lipinski definition) is 7. The normalized spacial score (nSPS) is 13.6. The van der Waals surface area contributed by atoms with Crippen LogP contribution < -0.4 is 11.3 Å². The van der Waals surface area contributed by atoms with Crippen LogP contribution in [0.25, 0.3) is 11.2 Å². The first-order valence-corrected chi connectivity index (χ1v) is 8.07. The topological polar surface area (TPSA) is 177 Å². The Balaban J connectivity index is 2.08. The predicted molar refractivity (Wildman–Crippen MR) is 76.0 cm³/mol. The van der Waals surface area contributed by atoms with Crippen molar-refractivity contribution in [2.45, 2.75) is 19.3 Å². The van der Waals surface area contributed by atoms with E-state index in [4.69, 9.17) is 25.4 Å². The molecule has 1 atom stereocenters. The summed E-state index contributed by atoms with van der Waals surface area (Å²) in [7, 11) is -4.16. The average molecular weight is 333 g/mol. The standard InChI is InChI=1S/C10H16N5O6P/c11-10-13-8-7(9(17)14-10)15(4-12-8)5-21-6(3-16)1-2-22(18,19)20/h4,6,16H,1-3,5H2,(H2,18,19,20)(H3,11,13,14,17)/t6-/m0/s1. The minimum atomic E-state index is -4.16. The summed E-state index contributed by atoms with van der Waals surface area (Å²) in [6.45, 7) is -0.536. The van der Waals surface area contributed by atoms with Crippen molar-refractivity contribution in [3.8, 4) is 0 Å². The Bertz CT molecular complexity index is 752. The van der Waals surface area contributed by atoms with E-state index >= 15 is 0 Å². The van der Waals surface area contributed by atoms with Gasteiger partial charge in [0.05, 0.1) is 25.2 Å². The second-order valence-electron chi connectivity index (χ2n) is 4.62. The number of aromatic nitrogens is 4. The highest BCUT2D eigenvalue weighted by Crippen LogP contribution is 2.35. The van der Waals surface area contributed by atoms with Gasteiger partial charge < -0.3 is 29.9 Å². The number of fused-ring (bicyclic) bond motifs is 1. The van der Waals surface area contributed by atoms with Crippen molar-refractivity contribution >= 4 is 24.7 Å². The molecule has 2 aromatic heterocycles. The highest BCUT2D eigenvalue weighted by molar-refractivity contribution is 7.51. The quantitative estimate of drug-likeness (QED) is 0.381. The van der Waals surface area contributed by atoms with Gasteiger partial charge >= 0.3 is 7.60 Å². The van der Waals surface area contributed by atoms with E-state index in [1.807, 2.05) is 0 Å². The molecule has 0 saturated heterocycles. The lowest BCUT2D eigenvalue weighted by atomic mass is 10.3. The van der Waals surface area contributed by atoms with E-state index in [-0.39, 0.29) is 30.3 Å². The summed E-state index contributed by atoms with van der Waals surface area (Å²) < 4.78 is 17.5. The van der Waals surface area contributed by atoms with Crippen molar-refractivity contribution in [1.82, 2.24) is 19.5 Å². The summed E-state index contributed by atoms with van der Waals surface area (Å²) in [4.78, 5) is 39.5. The number of anilines is 1. The molecule has 0 fully saturated rings. The first-order valence-electron chi connectivity index (χ1n) is 6.28. The number of rotatable bonds is 7. The number of aromatic amines is 1. The molecule has 0 spiro atoms. The van der Waals surface area contributed by atoms with Gasteiger partial charge in [-0.15, -0.1) is 0 Å². The van der Waals surface area contributed by atoms with Gasteiger partial charge in [0, 0.05) is 0 Å². The van der Waals surface area contributed by atoms with E-state index < -0.39 is 32.0 Å². The Kier molecular flexibility index (Phi) is 4.94. The molecule has 0 saturated carbocycles. The third-order valence-corrected chi connectivity index (χ3v) is 3.74. The van der Waals surface area contributed by atoms with Crippen LogP contribution in [0.1, 0.15) is 6.42 Å². The molecule has 2 aromatic rings. The van der Waals surface area contributed by atoms with Crippen LogP contribution in [-0.2, 0) is 16.0 Å². The second kappa shape index (κ2) is 6.55. The molecule has 0 bridgehead atoms.